The van der Waals surface area contributed by atoms with Crippen molar-refractivity contribution in [1.29, 1.82) is 0 Å². The number of carbonyl (C=O) groups is 1. The van der Waals surface area contributed by atoms with Gasteiger partial charge in [-0.1, -0.05) is 12.2 Å². The highest BCUT2D eigenvalue weighted by Gasteiger charge is 2.13. The van der Waals surface area contributed by atoms with Gasteiger partial charge in [-0.15, -0.1) is 0 Å². The van der Waals surface area contributed by atoms with E-state index in [1.807, 2.05) is 0 Å². The summed E-state index contributed by atoms with van der Waals surface area (Å²) in [5.74, 6) is 0.673. The normalized spacial score (nSPS) is 10.4. The molecule has 0 aliphatic rings. The molecule has 5 heteroatoms. The Balaban J connectivity index is 3.12. The Morgan fingerprint density at radius 1 is 1.17 bits per heavy atom. The number of benzene rings is 1. The van der Waals surface area contributed by atoms with Crippen LogP contribution in [0.2, 0.25) is 0 Å². The van der Waals surface area contributed by atoms with E-state index in [0.717, 1.165) is 5.56 Å². The first-order valence-corrected chi connectivity index (χ1v) is 5.31. The number of methoxy groups -OCH3 is 3. The number of aliphatic carboxylic acids is 1. The summed E-state index contributed by atoms with van der Waals surface area (Å²) in [6.07, 6.45) is 3.18. The van der Waals surface area contributed by atoms with Crippen LogP contribution in [-0.4, -0.2) is 32.4 Å². The number of rotatable bonds is 6. The summed E-state index contributed by atoms with van der Waals surface area (Å²) in [5.41, 5.74) is 0.733. The lowest BCUT2D eigenvalue weighted by Gasteiger charge is -2.13. The quantitative estimate of drug-likeness (QED) is 0.840. The van der Waals surface area contributed by atoms with Crippen molar-refractivity contribution in [3.63, 3.8) is 0 Å². The molecule has 1 aromatic rings. The van der Waals surface area contributed by atoms with E-state index in [1.165, 1.54) is 21.3 Å². The van der Waals surface area contributed by atoms with E-state index in [4.69, 9.17) is 19.3 Å². The van der Waals surface area contributed by atoms with Crippen molar-refractivity contribution < 1.29 is 24.1 Å². The number of ether oxygens (including phenoxy) is 3. The van der Waals surface area contributed by atoms with Crippen molar-refractivity contribution in [3.8, 4) is 17.2 Å². The summed E-state index contributed by atoms with van der Waals surface area (Å²) in [6.45, 7) is 0. The lowest BCUT2D eigenvalue weighted by atomic mass is 10.1. The van der Waals surface area contributed by atoms with E-state index in [0.29, 0.717) is 17.2 Å². The van der Waals surface area contributed by atoms with Crippen LogP contribution in [0.4, 0.5) is 0 Å². The van der Waals surface area contributed by atoms with E-state index in [1.54, 1.807) is 24.3 Å². The minimum Gasteiger partial charge on any atom is -0.493 e. The largest absolute Gasteiger partial charge is 0.493 e. The van der Waals surface area contributed by atoms with Crippen molar-refractivity contribution in [3.05, 3.63) is 23.8 Å². The zero-order valence-corrected chi connectivity index (χ0v) is 10.6. The zero-order valence-electron chi connectivity index (χ0n) is 10.6. The van der Waals surface area contributed by atoms with Crippen molar-refractivity contribution in [2.45, 2.75) is 6.42 Å². The highest BCUT2D eigenvalue weighted by atomic mass is 16.5. The standard InChI is InChI=1S/C13H16O5/c1-16-10-8-7-9(5-4-6-11(14)15)12(17-2)13(10)18-3/h4-5,7-8H,6H2,1-3H3,(H,14,15)/b5-4+. The first-order chi connectivity index (χ1) is 8.63. The molecule has 18 heavy (non-hydrogen) atoms. The Labute approximate surface area is 106 Å². The van der Waals surface area contributed by atoms with Crippen molar-refractivity contribution in [2.75, 3.05) is 21.3 Å². The van der Waals surface area contributed by atoms with E-state index < -0.39 is 5.97 Å². The van der Waals surface area contributed by atoms with Gasteiger partial charge in [-0.05, 0) is 12.1 Å². The zero-order chi connectivity index (χ0) is 13.5. The average Bonchev–Trinajstić information content (AvgIpc) is 2.37. The topological polar surface area (TPSA) is 65.0 Å². The second-order valence-electron chi connectivity index (χ2n) is 3.42. The average molecular weight is 252 g/mol. The van der Waals surface area contributed by atoms with E-state index >= 15 is 0 Å². The fraction of sp³-hybridized carbons (Fsp3) is 0.308. The van der Waals surface area contributed by atoms with Crippen LogP contribution in [-0.2, 0) is 4.79 Å². The smallest absolute Gasteiger partial charge is 0.307 e. The van der Waals surface area contributed by atoms with E-state index in [9.17, 15) is 4.79 Å². The lowest BCUT2D eigenvalue weighted by molar-refractivity contribution is -0.135. The fourth-order valence-electron chi connectivity index (χ4n) is 1.54. The van der Waals surface area contributed by atoms with Gasteiger partial charge >= 0.3 is 5.97 Å². The third kappa shape index (κ3) is 3.16. The molecule has 0 radical (unpaired) electrons. The third-order valence-corrected chi connectivity index (χ3v) is 2.32. The van der Waals surface area contributed by atoms with Crippen LogP contribution in [0.25, 0.3) is 6.08 Å². The molecule has 0 aromatic heterocycles. The summed E-state index contributed by atoms with van der Waals surface area (Å²) in [7, 11) is 4.58. The predicted molar refractivity (Wildman–Crippen MR) is 67.4 cm³/mol. The molecular weight excluding hydrogens is 236 g/mol. The Hall–Kier alpha value is -2.17. The van der Waals surface area contributed by atoms with Gasteiger partial charge in [0.1, 0.15) is 0 Å². The molecule has 0 amide bonds. The molecule has 0 fully saturated rings. The summed E-state index contributed by atoms with van der Waals surface area (Å²) < 4.78 is 15.6. The summed E-state index contributed by atoms with van der Waals surface area (Å²) in [6, 6.07) is 3.51. The van der Waals surface area contributed by atoms with Gasteiger partial charge in [0.15, 0.2) is 11.5 Å². The number of carboxylic acid groups (broad SMARTS) is 1. The highest BCUT2D eigenvalue weighted by Crippen LogP contribution is 2.40. The molecule has 5 nitrogen and oxygen atoms in total. The highest BCUT2D eigenvalue weighted by molar-refractivity contribution is 5.72. The molecule has 0 heterocycles. The van der Waals surface area contributed by atoms with Crippen LogP contribution in [0.15, 0.2) is 18.2 Å². The van der Waals surface area contributed by atoms with Crippen LogP contribution in [0.1, 0.15) is 12.0 Å². The fourth-order valence-corrected chi connectivity index (χ4v) is 1.54. The maximum atomic E-state index is 10.4. The Bertz CT molecular complexity index is 451. The van der Waals surface area contributed by atoms with Crippen LogP contribution in [0.3, 0.4) is 0 Å². The van der Waals surface area contributed by atoms with Crippen LogP contribution in [0.5, 0.6) is 17.2 Å². The van der Waals surface area contributed by atoms with Gasteiger partial charge in [0, 0.05) is 5.56 Å². The lowest BCUT2D eigenvalue weighted by Crippen LogP contribution is -1.96. The van der Waals surface area contributed by atoms with Gasteiger partial charge in [-0.2, -0.15) is 0 Å². The Morgan fingerprint density at radius 2 is 1.83 bits per heavy atom. The van der Waals surface area contributed by atoms with Gasteiger partial charge in [-0.3, -0.25) is 4.79 Å². The molecule has 0 saturated carbocycles. The molecule has 1 N–H and O–H groups in total. The maximum absolute atomic E-state index is 10.4. The second kappa shape index (κ2) is 6.54. The van der Waals surface area contributed by atoms with Crippen molar-refractivity contribution in [2.24, 2.45) is 0 Å². The molecule has 0 spiro atoms. The molecule has 98 valence electrons. The first-order valence-electron chi connectivity index (χ1n) is 5.31. The second-order valence-corrected chi connectivity index (χ2v) is 3.42. The summed E-state index contributed by atoms with van der Waals surface area (Å²) in [5, 5.41) is 8.57. The molecule has 1 rings (SSSR count). The number of hydrogen-bond acceptors (Lipinski definition) is 4. The Morgan fingerprint density at radius 3 is 2.33 bits per heavy atom. The van der Waals surface area contributed by atoms with Crippen LogP contribution >= 0.6 is 0 Å². The predicted octanol–water partition coefficient (Wildman–Crippen LogP) is 2.20. The van der Waals surface area contributed by atoms with Crippen LogP contribution in [0, 0.1) is 0 Å². The van der Waals surface area contributed by atoms with E-state index in [2.05, 4.69) is 0 Å². The minimum absolute atomic E-state index is 0.0441. The molecule has 0 atom stereocenters. The van der Waals surface area contributed by atoms with Gasteiger partial charge in [0.05, 0.1) is 27.8 Å². The molecule has 0 saturated heterocycles. The number of hydrogen-bond donors (Lipinski definition) is 1. The first kappa shape index (κ1) is 13.9. The number of carboxylic acids is 1. The van der Waals surface area contributed by atoms with E-state index in [-0.39, 0.29) is 6.42 Å². The molecule has 1 aromatic carbocycles. The molecule has 0 unspecified atom stereocenters. The SMILES string of the molecule is COc1ccc(/C=C/CC(=O)O)c(OC)c1OC. The van der Waals surface area contributed by atoms with Crippen LogP contribution < -0.4 is 14.2 Å². The van der Waals surface area contributed by atoms with Gasteiger partial charge in [0.2, 0.25) is 5.75 Å². The van der Waals surface area contributed by atoms with Crippen molar-refractivity contribution in [1.82, 2.24) is 0 Å². The summed E-state index contributed by atoms with van der Waals surface area (Å²) in [4.78, 5) is 10.4. The Kier molecular flexibility index (Phi) is 5.05. The molecule has 0 aliphatic heterocycles. The molecule has 0 bridgehead atoms. The maximum Gasteiger partial charge on any atom is 0.307 e. The van der Waals surface area contributed by atoms with Crippen molar-refractivity contribution >= 4 is 12.0 Å². The molecular formula is C13H16O5. The third-order valence-electron chi connectivity index (χ3n) is 2.32. The van der Waals surface area contributed by atoms with Gasteiger partial charge in [0.25, 0.3) is 0 Å². The molecule has 0 aliphatic carbocycles. The minimum atomic E-state index is -0.884. The summed E-state index contributed by atoms with van der Waals surface area (Å²) >= 11 is 0. The monoisotopic (exact) mass is 252 g/mol. The van der Waals surface area contributed by atoms with Gasteiger partial charge < -0.3 is 19.3 Å². The van der Waals surface area contributed by atoms with Gasteiger partial charge in [-0.25, -0.2) is 0 Å².